The Hall–Kier alpha value is 1.13. The molecule has 0 radical (unpaired) electrons. The van der Waals surface area contributed by atoms with Gasteiger partial charge >= 0.3 is 0 Å². The Morgan fingerprint density at radius 1 is 1.88 bits per heavy atom. The van der Waals surface area contributed by atoms with Gasteiger partial charge in [0, 0.05) is 9.80 Å². The summed E-state index contributed by atoms with van der Waals surface area (Å²) in [7, 11) is 0. The van der Waals surface area contributed by atoms with Gasteiger partial charge in [-0.3, -0.25) is 0 Å². The second-order valence-corrected chi connectivity index (χ2v) is 4.29. The van der Waals surface area contributed by atoms with E-state index in [0.29, 0.717) is 5.88 Å². The molecule has 0 aromatic rings. The van der Waals surface area contributed by atoms with Crippen LogP contribution in [0.25, 0.3) is 0 Å². The lowest BCUT2D eigenvalue weighted by atomic mass is 10.6. The van der Waals surface area contributed by atoms with Gasteiger partial charge in [0.1, 0.15) is 0 Å². The maximum absolute atomic E-state index is 10.0. The Bertz CT molecular complexity index is 89.4. The monoisotopic (exact) mass is 268 g/mol. The summed E-state index contributed by atoms with van der Waals surface area (Å²) in [6.45, 7) is 0. The summed E-state index contributed by atoms with van der Waals surface area (Å²) in [6, 6.07) is 0. The number of alkyl halides is 2. The summed E-state index contributed by atoms with van der Waals surface area (Å²) in [4.78, 5) is 0. The molecule has 0 aliphatic heterocycles. The van der Waals surface area contributed by atoms with Crippen LogP contribution in [-0.2, 0) is 11.1 Å². The third-order valence-corrected chi connectivity index (χ3v) is 3.55. The van der Waals surface area contributed by atoms with Crippen LogP contribution in [0.2, 0.25) is 0 Å². The van der Waals surface area contributed by atoms with Crippen LogP contribution < -0.4 is 0 Å². The van der Waals surface area contributed by atoms with E-state index in [1.54, 1.807) is 0 Å². The number of hydrogen-bond acceptors (Lipinski definition) is 1. The fraction of sp³-hybridized carbons (Fsp3) is 1.00. The molecular weight excluding hydrogens is 262 g/mol. The Morgan fingerprint density at radius 3 is 2.50 bits per heavy atom. The van der Waals surface area contributed by atoms with Crippen LogP contribution in [0.5, 0.6) is 0 Å². The highest BCUT2D eigenvalue weighted by Gasteiger charge is 2.03. The lowest BCUT2D eigenvalue weighted by molar-refractivity contribution is 0.564. The first-order valence-electron chi connectivity index (χ1n) is 1.94. The zero-order valence-corrected chi connectivity index (χ0v) is 7.74. The van der Waals surface area contributed by atoms with E-state index < -0.39 is 11.1 Å². The number of rotatable bonds is 3. The second-order valence-electron chi connectivity index (χ2n) is 1.24. The molecule has 0 amide bonds. The van der Waals surface area contributed by atoms with E-state index in [9.17, 15) is 4.21 Å². The van der Waals surface area contributed by atoms with Crippen LogP contribution in [0.3, 0.4) is 0 Å². The van der Waals surface area contributed by atoms with Crippen molar-refractivity contribution in [2.24, 2.45) is 0 Å². The van der Waals surface area contributed by atoms with E-state index >= 15 is 0 Å². The molecule has 0 aromatic heterocycles. The van der Waals surface area contributed by atoms with Crippen LogP contribution in [0.4, 0.5) is 0 Å². The van der Waals surface area contributed by atoms with Crippen LogP contribution in [0.15, 0.2) is 0 Å². The zero-order valence-electron chi connectivity index (χ0n) is 4.01. The molecule has 0 aliphatic carbocycles. The Labute approximate surface area is 69.4 Å². The van der Waals surface area contributed by atoms with Crippen molar-refractivity contribution >= 4 is 45.3 Å². The van der Waals surface area contributed by atoms with Gasteiger partial charge in [-0.25, -0.2) is 4.21 Å². The fourth-order valence-corrected chi connectivity index (χ4v) is 1.79. The minimum Gasteiger partial charge on any atom is -0.306 e. The fourth-order valence-electron chi connectivity index (χ4n) is 0.199. The Morgan fingerprint density at radius 2 is 2.38 bits per heavy atom. The van der Waals surface area contributed by atoms with Crippen molar-refractivity contribution in [3.63, 3.8) is 0 Å². The van der Waals surface area contributed by atoms with Gasteiger partial charge in [0.05, 0.1) is 5.75 Å². The molecule has 0 saturated carbocycles. The maximum Gasteiger partial charge on any atom is 0.153 e. The number of halogens is 2. The van der Waals surface area contributed by atoms with Crippen molar-refractivity contribution < 1.29 is 8.76 Å². The third-order valence-electron chi connectivity index (χ3n) is 0.491. The molecule has 0 heterocycles. The molecule has 5 heteroatoms. The Kier molecular flexibility index (Phi) is 5.66. The van der Waals surface area contributed by atoms with Crippen molar-refractivity contribution in [1.82, 2.24) is 0 Å². The quantitative estimate of drug-likeness (QED) is 0.475. The van der Waals surface area contributed by atoms with Crippen molar-refractivity contribution in [3.05, 3.63) is 0 Å². The molecular formula is C3H6ClIO2S. The predicted octanol–water partition coefficient (Wildman–Crippen LogP) is 1.25. The first kappa shape index (κ1) is 9.13. The summed E-state index contributed by atoms with van der Waals surface area (Å²) in [6.07, 6.45) is 0. The normalized spacial score (nSPS) is 17.9. The first-order valence-corrected chi connectivity index (χ1v) is 5.00. The number of hydrogen-bond donors (Lipinski definition) is 1. The molecule has 2 nitrogen and oxygen atoms in total. The summed E-state index contributed by atoms with van der Waals surface area (Å²) in [5, 5.41) is 0. The highest BCUT2D eigenvalue weighted by Crippen LogP contribution is 2.02. The Balaban J connectivity index is 3.24. The molecule has 1 N–H and O–H groups in total. The summed E-state index contributed by atoms with van der Waals surface area (Å²) >= 11 is 5.69. The van der Waals surface area contributed by atoms with Gasteiger partial charge in [0.15, 0.2) is 11.1 Å². The van der Waals surface area contributed by atoms with Gasteiger partial charge in [-0.15, -0.1) is 11.6 Å². The lowest BCUT2D eigenvalue weighted by Gasteiger charge is -1.98. The van der Waals surface area contributed by atoms with E-state index in [4.69, 9.17) is 16.2 Å². The van der Waals surface area contributed by atoms with E-state index in [1.807, 2.05) is 22.6 Å². The van der Waals surface area contributed by atoms with Crippen LogP contribution in [0, 0.1) is 0 Å². The molecule has 50 valence electrons. The molecule has 0 bridgehead atoms. The van der Waals surface area contributed by atoms with Gasteiger partial charge in [-0.2, -0.15) is 0 Å². The van der Waals surface area contributed by atoms with Crippen LogP contribution in [-0.4, -0.2) is 24.3 Å². The highest BCUT2D eigenvalue weighted by atomic mass is 127. The van der Waals surface area contributed by atoms with Crippen molar-refractivity contribution in [2.45, 2.75) is 3.92 Å². The molecule has 0 saturated heterocycles. The first-order chi connectivity index (χ1) is 3.66. The smallest absolute Gasteiger partial charge is 0.153 e. The lowest BCUT2D eigenvalue weighted by Crippen LogP contribution is -2.10. The van der Waals surface area contributed by atoms with Gasteiger partial charge < -0.3 is 4.55 Å². The average molecular weight is 269 g/mol. The van der Waals surface area contributed by atoms with E-state index in [0.717, 1.165) is 0 Å². The molecule has 0 aromatic carbocycles. The van der Waals surface area contributed by atoms with Gasteiger partial charge in [0.2, 0.25) is 0 Å². The van der Waals surface area contributed by atoms with E-state index in [-0.39, 0.29) is 9.68 Å². The standard InChI is InChI=1S/C3H6ClIO2S/c4-1-3(5)2-8(6)7/h3H,1-2H2,(H,6,7). The molecule has 0 fully saturated rings. The molecule has 2 atom stereocenters. The van der Waals surface area contributed by atoms with Crippen LogP contribution >= 0.6 is 34.2 Å². The molecule has 8 heavy (non-hydrogen) atoms. The second kappa shape index (κ2) is 4.96. The predicted molar refractivity (Wildman–Crippen MR) is 44.2 cm³/mol. The van der Waals surface area contributed by atoms with Gasteiger partial charge in [-0.05, 0) is 0 Å². The van der Waals surface area contributed by atoms with E-state index in [2.05, 4.69) is 0 Å². The minimum atomic E-state index is -1.69. The van der Waals surface area contributed by atoms with Gasteiger partial charge in [-0.1, -0.05) is 22.6 Å². The molecule has 2 unspecified atom stereocenters. The van der Waals surface area contributed by atoms with Crippen molar-refractivity contribution in [2.75, 3.05) is 11.6 Å². The topological polar surface area (TPSA) is 37.3 Å². The summed E-state index contributed by atoms with van der Waals surface area (Å²) in [5.41, 5.74) is 0. The largest absolute Gasteiger partial charge is 0.306 e. The van der Waals surface area contributed by atoms with E-state index in [1.165, 1.54) is 0 Å². The molecule has 0 aliphatic rings. The third kappa shape index (κ3) is 5.27. The van der Waals surface area contributed by atoms with Gasteiger partial charge in [0.25, 0.3) is 0 Å². The summed E-state index contributed by atoms with van der Waals surface area (Å²) < 4.78 is 18.4. The average Bonchev–Trinajstić information content (AvgIpc) is 1.65. The molecule has 0 rings (SSSR count). The van der Waals surface area contributed by atoms with Crippen LogP contribution in [0.1, 0.15) is 0 Å². The van der Waals surface area contributed by atoms with Crippen molar-refractivity contribution in [3.8, 4) is 0 Å². The molecule has 0 spiro atoms. The highest BCUT2D eigenvalue weighted by molar-refractivity contribution is 14.1. The zero-order chi connectivity index (χ0) is 6.57. The summed E-state index contributed by atoms with van der Waals surface area (Å²) in [5.74, 6) is 0.705. The minimum absolute atomic E-state index is 0.111. The maximum atomic E-state index is 10.0. The SMILES string of the molecule is O=S(O)CC(I)CCl. The van der Waals surface area contributed by atoms with Crippen molar-refractivity contribution in [1.29, 1.82) is 0 Å².